The summed E-state index contributed by atoms with van der Waals surface area (Å²) in [5.74, 6) is 0.542. The van der Waals surface area contributed by atoms with E-state index in [-0.39, 0.29) is 23.5 Å². The molecule has 1 aliphatic rings. The van der Waals surface area contributed by atoms with Gasteiger partial charge in [0.15, 0.2) is 9.84 Å². The number of nitrogens with zero attached hydrogens (tertiary/aromatic N) is 3. The minimum absolute atomic E-state index is 0.110. The Morgan fingerprint density at radius 3 is 2.63 bits per heavy atom. The summed E-state index contributed by atoms with van der Waals surface area (Å²) in [6, 6.07) is 7.83. The Bertz CT molecular complexity index is 913. The van der Waals surface area contributed by atoms with Gasteiger partial charge in [0, 0.05) is 31.5 Å². The number of rotatable bonds is 6. The van der Waals surface area contributed by atoms with Gasteiger partial charge in [0.1, 0.15) is 0 Å². The molecule has 0 saturated carbocycles. The van der Waals surface area contributed by atoms with Crippen molar-refractivity contribution in [2.45, 2.75) is 32.9 Å². The lowest BCUT2D eigenvalue weighted by atomic mass is 10.1. The lowest BCUT2D eigenvalue weighted by Crippen LogP contribution is -2.37. The summed E-state index contributed by atoms with van der Waals surface area (Å²) in [6.07, 6.45) is 3.55. The number of hydrogen-bond donors (Lipinski definition) is 1. The number of amides is 1. The van der Waals surface area contributed by atoms with Crippen molar-refractivity contribution in [2.24, 2.45) is 0 Å². The molecule has 3 rings (SSSR count). The topological polar surface area (TPSA) is 92.3 Å². The van der Waals surface area contributed by atoms with E-state index in [9.17, 15) is 13.2 Å². The maximum absolute atomic E-state index is 12.3. The van der Waals surface area contributed by atoms with Crippen LogP contribution in [0.1, 0.15) is 34.8 Å². The molecule has 1 aliphatic heterocycles. The van der Waals surface area contributed by atoms with Crippen molar-refractivity contribution in [1.29, 1.82) is 0 Å². The van der Waals surface area contributed by atoms with Crippen LogP contribution in [-0.2, 0) is 16.4 Å². The Labute approximate surface area is 159 Å². The van der Waals surface area contributed by atoms with E-state index in [4.69, 9.17) is 0 Å². The lowest BCUT2D eigenvalue weighted by molar-refractivity contribution is 0.0950. The summed E-state index contributed by atoms with van der Waals surface area (Å²) in [4.78, 5) is 22.8. The number of nitrogens with one attached hydrogen (secondary N) is 1. The van der Waals surface area contributed by atoms with Crippen LogP contribution in [0.25, 0.3) is 0 Å². The molecule has 2 aromatic rings. The molecule has 0 spiro atoms. The Morgan fingerprint density at radius 1 is 1.30 bits per heavy atom. The fourth-order valence-corrected chi connectivity index (χ4v) is 5.01. The van der Waals surface area contributed by atoms with Crippen LogP contribution < -0.4 is 10.2 Å². The molecule has 0 radical (unpaired) electrons. The molecule has 7 nitrogen and oxygen atoms in total. The first-order valence-electron chi connectivity index (χ1n) is 9.01. The second-order valence-corrected chi connectivity index (χ2v) is 9.02. The summed E-state index contributed by atoms with van der Waals surface area (Å²) in [5.41, 5.74) is 2.55. The molecule has 0 aliphatic carbocycles. The fraction of sp³-hybridized carbons (Fsp3) is 0.421. The van der Waals surface area contributed by atoms with Gasteiger partial charge in [0.25, 0.3) is 5.91 Å². The van der Waals surface area contributed by atoms with E-state index in [1.165, 1.54) is 12.4 Å². The second-order valence-electron chi connectivity index (χ2n) is 6.79. The SMILES string of the molecule is CCN(c1ncc(C(=O)NCc2cccc(C)c2)cn1)C1CCS(=O)(=O)C1. The van der Waals surface area contributed by atoms with Crippen molar-refractivity contribution in [3.63, 3.8) is 0 Å². The van der Waals surface area contributed by atoms with Crippen LogP contribution in [0, 0.1) is 6.92 Å². The van der Waals surface area contributed by atoms with Gasteiger partial charge in [-0.3, -0.25) is 4.79 Å². The average molecular weight is 388 g/mol. The first-order valence-corrected chi connectivity index (χ1v) is 10.8. The van der Waals surface area contributed by atoms with Gasteiger partial charge in [0.05, 0.1) is 17.1 Å². The Hall–Kier alpha value is -2.48. The van der Waals surface area contributed by atoms with Crippen LogP contribution in [0.3, 0.4) is 0 Å². The van der Waals surface area contributed by atoms with Gasteiger partial charge >= 0.3 is 0 Å². The van der Waals surface area contributed by atoms with Crippen molar-refractivity contribution < 1.29 is 13.2 Å². The summed E-state index contributed by atoms with van der Waals surface area (Å²) < 4.78 is 23.5. The number of carbonyl (C=O) groups excluding carboxylic acids is 1. The van der Waals surface area contributed by atoms with E-state index in [0.717, 1.165) is 11.1 Å². The van der Waals surface area contributed by atoms with Crippen LogP contribution in [0.15, 0.2) is 36.7 Å². The predicted molar refractivity (Wildman–Crippen MR) is 104 cm³/mol. The van der Waals surface area contributed by atoms with E-state index in [2.05, 4.69) is 15.3 Å². The van der Waals surface area contributed by atoms with Crippen LogP contribution in [0.5, 0.6) is 0 Å². The van der Waals surface area contributed by atoms with Crippen LogP contribution >= 0.6 is 0 Å². The molecular weight excluding hydrogens is 364 g/mol. The third-order valence-electron chi connectivity index (χ3n) is 4.68. The number of hydrogen-bond acceptors (Lipinski definition) is 6. The highest BCUT2D eigenvalue weighted by molar-refractivity contribution is 7.91. The van der Waals surface area contributed by atoms with Gasteiger partial charge in [-0.1, -0.05) is 29.8 Å². The highest BCUT2D eigenvalue weighted by atomic mass is 32.2. The van der Waals surface area contributed by atoms with Gasteiger partial charge in [0.2, 0.25) is 5.95 Å². The summed E-state index contributed by atoms with van der Waals surface area (Å²) in [6.45, 7) is 4.99. The molecule has 1 aromatic heterocycles. The predicted octanol–water partition coefficient (Wildman–Crippen LogP) is 1.73. The third kappa shape index (κ3) is 4.82. The first kappa shape index (κ1) is 19.3. The molecule has 1 unspecified atom stereocenters. The molecule has 2 heterocycles. The molecule has 1 saturated heterocycles. The zero-order valence-corrected chi connectivity index (χ0v) is 16.4. The minimum atomic E-state index is -2.98. The minimum Gasteiger partial charge on any atom is -0.348 e. The van der Waals surface area contributed by atoms with Gasteiger partial charge in [-0.05, 0) is 25.8 Å². The first-order chi connectivity index (χ1) is 12.9. The quantitative estimate of drug-likeness (QED) is 0.810. The highest BCUT2D eigenvalue weighted by Crippen LogP contribution is 2.21. The normalized spacial score (nSPS) is 18.2. The molecule has 1 atom stereocenters. The number of anilines is 1. The maximum Gasteiger partial charge on any atom is 0.254 e. The number of sulfone groups is 1. The van der Waals surface area contributed by atoms with Crippen LogP contribution in [0.2, 0.25) is 0 Å². The largest absolute Gasteiger partial charge is 0.348 e. The molecule has 8 heteroatoms. The molecule has 27 heavy (non-hydrogen) atoms. The van der Waals surface area contributed by atoms with Gasteiger partial charge in [-0.2, -0.15) is 0 Å². The van der Waals surface area contributed by atoms with Crippen molar-refractivity contribution in [2.75, 3.05) is 23.0 Å². The van der Waals surface area contributed by atoms with Crippen molar-refractivity contribution in [1.82, 2.24) is 15.3 Å². The Balaban J connectivity index is 1.64. The van der Waals surface area contributed by atoms with Crippen molar-refractivity contribution >= 4 is 21.7 Å². The Morgan fingerprint density at radius 2 is 2.04 bits per heavy atom. The molecule has 1 amide bonds. The maximum atomic E-state index is 12.3. The van der Waals surface area contributed by atoms with Gasteiger partial charge < -0.3 is 10.2 Å². The molecular formula is C19H24N4O3S. The summed E-state index contributed by atoms with van der Waals surface area (Å²) >= 11 is 0. The summed E-state index contributed by atoms with van der Waals surface area (Å²) in [7, 11) is -2.98. The van der Waals surface area contributed by atoms with E-state index >= 15 is 0 Å². The second kappa shape index (κ2) is 8.04. The molecule has 0 bridgehead atoms. The van der Waals surface area contributed by atoms with Crippen LogP contribution in [0.4, 0.5) is 5.95 Å². The lowest BCUT2D eigenvalue weighted by Gasteiger charge is -2.26. The number of benzene rings is 1. The van der Waals surface area contributed by atoms with Crippen molar-refractivity contribution in [3.05, 3.63) is 53.3 Å². The smallest absolute Gasteiger partial charge is 0.254 e. The van der Waals surface area contributed by atoms with E-state index < -0.39 is 9.84 Å². The average Bonchev–Trinajstić information content (AvgIpc) is 3.00. The third-order valence-corrected chi connectivity index (χ3v) is 6.43. The Kier molecular flexibility index (Phi) is 5.74. The van der Waals surface area contributed by atoms with E-state index in [1.54, 1.807) is 0 Å². The van der Waals surface area contributed by atoms with Gasteiger partial charge in [-0.15, -0.1) is 0 Å². The highest BCUT2D eigenvalue weighted by Gasteiger charge is 2.32. The zero-order chi connectivity index (χ0) is 19.4. The number of carbonyl (C=O) groups is 1. The molecule has 1 aromatic carbocycles. The van der Waals surface area contributed by atoms with Crippen LogP contribution in [-0.4, -0.2) is 48.4 Å². The number of aryl methyl sites for hydroxylation is 1. The molecule has 1 fully saturated rings. The monoisotopic (exact) mass is 388 g/mol. The zero-order valence-electron chi connectivity index (χ0n) is 15.6. The molecule has 144 valence electrons. The number of aromatic nitrogens is 2. The summed E-state index contributed by atoms with van der Waals surface area (Å²) in [5, 5.41) is 2.86. The standard InChI is InChI=1S/C19H24N4O3S/c1-3-23(17-7-8-27(25,26)13-17)19-21-11-16(12-22-19)18(24)20-10-15-6-4-5-14(2)9-15/h4-6,9,11-12,17H,3,7-8,10,13H2,1-2H3,(H,20,24). The molecule has 1 N–H and O–H groups in total. The van der Waals surface area contributed by atoms with E-state index in [0.29, 0.717) is 31.0 Å². The fourth-order valence-electron chi connectivity index (χ4n) is 3.28. The van der Waals surface area contributed by atoms with Gasteiger partial charge in [-0.25, -0.2) is 18.4 Å². The van der Waals surface area contributed by atoms with E-state index in [1.807, 2.05) is 43.0 Å². The van der Waals surface area contributed by atoms with Crippen molar-refractivity contribution in [3.8, 4) is 0 Å².